The van der Waals surface area contributed by atoms with E-state index in [2.05, 4.69) is 14.7 Å². The van der Waals surface area contributed by atoms with Gasteiger partial charge in [0, 0.05) is 22.0 Å². The van der Waals surface area contributed by atoms with E-state index < -0.39 is 5.97 Å². The summed E-state index contributed by atoms with van der Waals surface area (Å²) in [5.74, 6) is -0.406. The van der Waals surface area contributed by atoms with Crippen LogP contribution >= 0.6 is 11.8 Å². The summed E-state index contributed by atoms with van der Waals surface area (Å²) in [6, 6.07) is 5.06. The van der Waals surface area contributed by atoms with Gasteiger partial charge in [-0.05, 0) is 56.3 Å². The molecule has 2 rings (SSSR count). The molecule has 0 saturated carbocycles. The Hall–Kier alpha value is -2.08. The minimum atomic E-state index is -0.406. The second kappa shape index (κ2) is 6.13. The maximum atomic E-state index is 11.5. The van der Waals surface area contributed by atoms with E-state index in [0.717, 1.165) is 21.8 Å². The lowest BCUT2D eigenvalue weighted by atomic mass is 10.2. The van der Waals surface area contributed by atoms with Crippen molar-refractivity contribution in [2.45, 2.75) is 30.8 Å². The fraction of sp³-hybridized carbons (Fsp3) is 0.267. The normalized spacial score (nSPS) is 10.5. The number of carbonyl (C=O) groups excluding carboxylic acids is 1. The molecule has 1 aromatic heterocycles. The van der Waals surface area contributed by atoms with Crippen LogP contribution in [0.5, 0.6) is 0 Å². The lowest BCUT2D eigenvalue weighted by Gasteiger charge is -2.09. The van der Waals surface area contributed by atoms with Gasteiger partial charge in [-0.15, -0.1) is 0 Å². The van der Waals surface area contributed by atoms with E-state index in [1.807, 2.05) is 20.8 Å². The molecule has 0 saturated heterocycles. The number of anilines is 1. The monoisotopic (exact) mass is 303 g/mol. The topological polar surface area (TPSA) is 78.1 Å². The third kappa shape index (κ3) is 3.33. The SMILES string of the molecule is COC(=O)c1ccc(Sc2nc(C)c(C)c(C)n2)c(N)c1. The Kier molecular flexibility index (Phi) is 4.47. The summed E-state index contributed by atoms with van der Waals surface area (Å²) in [5.41, 5.74) is 9.91. The zero-order valence-corrected chi connectivity index (χ0v) is 13.2. The minimum absolute atomic E-state index is 0.406. The minimum Gasteiger partial charge on any atom is -0.465 e. The van der Waals surface area contributed by atoms with Crippen molar-refractivity contribution in [2.24, 2.45) is 0 Å². The molecule has 2 N–H and O–H groups in total. The van der Waals surface area contributed by atoms with E-state index in [1.165, 1.54) is 18.9 Å². The van der Waals surface area contributed by atoms with Gasteiger partial charge in [0.2, 0.25) is 0 Å². The Morgan fingerprint density at radius 2 is 1.81 bits per heavy atom. The molecule has 0 aliphatic heterocycles. The molecule has 5 nitrogen and oxygen atoms in total. The van der Waals surface area contributed by atoms with E-state index in [0.29, 0.717) is 16.4 Å². The molecule has 0 spiro atoms. The standard InChI is InChI=1S/C15H17N3O2S/c1-8-9(2)17-15(18-10(8)3)21-13-6-5-11(7-12(13)16)14(19)20-4/h5-7H,16H2,1-4H3. The van der Waals surface area contributed by atoms with Gasteiger partial charge < -0.3 is 10.5 Å². The van der Waals surface area contributed by atoms with Gasteiger partial charge in [-0.25, -0.2) is 14.8 Å². The summed E-state index contributed by atoms with van der Waals surface area (Å²) in [7, 11) is 1.34. The van der Waals surface area contributed by atoms with Gasteiger partial charge in [-0.2, -0.15) is 0 Å². The van der Waals surface area contributed by atoms with Crippen molar-refractivity contribution in [1.29, 1.82) is 0 Å². The van der Waals surface area contributed by atoms with Crippen LogP contribution in [0, 0.1) is 20.8 Å². The molecule has 110 valence electrons. The summed E-state index contributed by atoms with van der Waals surface area (Å²) in [6.07, 6.45) is 0. The molecule has 0 aliphatic carbocycles. The number of aryl methyl sites for hydroxylation is 2. The molecule has 2 aromatic rings. The van der Waals surface area contributed by atoms with E-state index in [1.54, 1.807) is 18.2 Å². The number of ether oxygens (including phenoxy) is 1. The molecule has 1 heterocycles. The van der Waals surface area contributed by atoms with Crippen molar-refractivity contribution in [1.82, 2.24) is 9.97 Å². The average Bonchev–Trinajstić information content (AvgIpc) is 2.46. The first-order valence-electron chi connectivity index (χ1n) is 6.40. The number of rotatable bonds is 3. The summed E-state index contributed by atoms with van der Waals surface area (Å²) in [5, 5.41) is 0.646. The van der Waals surface area contributed by atoms with Gasteiger partial charge in [-0.3, -0.25) is 0 Å². The number of hydrogen-bond acceptors (Lipinski definition) is 6. The number of nitrogen functional groups attached to an aromatic ring is 1. The number of nitrogens with zero attached hydrogens (tertiary/aromatic N) is 2. The third-order valence-corrected chi connectivity index (χ3v) is 4.20. The lowest BCUT2D eigenvalue weighted by Crippen LogP contribution is -2.03. The second-order valence-corrected chi connectivity index (χ2v) is 5.66. The van der Waals surface area contributed by atoms with Crippen molar-refractivity contribution in [3.05, 3.63) is 40.7 Å². The van der Waals surface area contributed by atoms with Gasteiger partial charge in [0.25, 0.3) is 0 Å². The van der Waals surface area contributed by atoms with Gasteiger partial charge in [0.05, 0.1) is 12.7 Å². The van der Waals surface area contributed by atoms with Crippen LogP contribution in [0.3, 0.4) is 0 Å². The van der Waals surface area contributed by atoms with Gasteiger partial charge in [-0.1, -0.05) is 0 Å². The van der Waals surface area contributed by atoms with Gasteiger partial charge >= 0.3 is 5.97 Å². The van der Waals surface area contributed by atoms with E-state index in [9.17, 15) is 4.79 Å². The molecule has 0 aliphatic rings. The lowest BCUT2D eigenvalue weighted by molar-refractivity contribution is 0.0600. The quantitative estimate of drug-likeness (QED) is 0.533. The number of methoxy groups -OCH3 is 1. The van der Waals surface area contributed by atoms with Crippen molar-refractivity contribution in [3.8, 4) is 0 Å². The van der Waals surface area contributed by atoms with Crippen LogP contribution in [0.15, 0.2) is 28.3 Å². The summed E-state index contributed by atoms with van der Waals surface area (Å²) < 4.78 is 4.67. The highest BCUT2D eigenvalue weighted by Crippen LogP contribution is 2.31. The number of esters is 1. The van der Waals surface area contributed by atoms with Crippen LogP contribution < -0.4 is 5.73 Å². The molecule has 0 unspecified atom stereocenters. The summed E-state index contributed by atoms with van der Waals surface area (Å²) in [6.45, 7) is 5.91. The maximum absolute atomic E-state index is 11.5. The van der Waals surface area contributed by atoms with Crippen LogP contribution in [0.1, 0.15) is 27.3 Å². The third-order valence-electron chi connectivity index (χ3n) is 3.24. The van der Waals surface area contributed by atoms with Gasteiger partial charge in [0.1, 0.15) is 0 Å². The van der Waals surface area contributed by atoms with Crippen molar-refractivity contribution in [2.75, 3.05) is 12.8 Å². The Labute approximate surface area is 127 Å². The van der Waals surface area contributed by atoms with Crippen molar-refractivity contribution >= 4 is 23.4 Å². The molecular weight excluding hydrogens is 286 g/mol. The summed E-state index contributed by atoms with van der Waals surface area (Å²) >= 11 is 1.38. The van der Waals surface area contributed by atoms with Crippen LogP contribution in [-0.2, 0) is 4.74 Å². The number of hydrogen-bond donors (Lipinski definition) is 1. The predicted octanol–water partition coefficient (Wildman–Crippen LogP) is 2.92. The number of nitrogens with two attached hydrogens (primary N) is 1. The number of carbonyl (C=O) groups is 1. The fourth-order valence-electron chi connectivity index (χ4n) is 1.77. The summed E-state index contributed by atoms with van der Waals surface area (Å²) in [4.78, 5) is 21.2. The van der Waals surface area contributed by atoms with E-state index >= 15 is 0 Å². The highest BCUT2D eigenvalue weighted by Gasteiger charge is 2.11. The molecule has 0 fully saturated rings. The Bertz CT molecular complexity index is 678. The molecular formula is C15H17N3O2S. The zero-order valence-electron chi connectivity index (χ0n) is 12.4. The highest BCUT2D eigenvalue weighted by molar-refractivity contribution is 7.99. The Morgan fingerprint density at radius 3 is 2.33 bits per heavy atom. The molecule has 0 bridgehead atoms. The molecule has 1 aromatic carbocycles. The first kappa shape index (κ1) is 15.3. The highest BCUT2D eigenvalue weighted by atomic mass is 32.2. The number of aromatic nitrogens is 2. The molecule has 0 radical (unpaired) electrons. The van der Waals surface area contributed by atoms with Crippen LogP contribution in [0.2, 0.25) is 0 Å². The van der Waals surface area contributed by atoms with Gasteiger partial charge in [0.15, 0.2) is 5.16 Å². The largest absolute Gasteiger partial charge is 0.465 e. The first-order chi connectivity index (χ1) is 9.92. The second-order valence-electron chi connectivity index (χ2n) is 4.65. The molecule has 0 amide bonds. The maximum Gasteiger partial charge on any atom is 0.337 e. The Balaban J connectivity index is 2.30. The first-order valence-corrected chi connectivity index (χ1v) is 7.21. The van der Waals surface area contributed by atoms with Crippen molar-refractivity contribution < 1.29 is 9.53 Å². The van der Waals surface area contributed by atoms with E-state index in [-0.39, 0.29) is 0 Å². The van der Waals surface area contributed by atoms with Crippen LogP contribution in [-0.4, -0.2) is 23.0 Å². The fourth-order valence-corrected chi connectivity index (χ4v) is 2.65. The van der Waals surface area contributed by atoms with E-state index in [4.69, 9.17) is 5.73 Å². The molecule has 0 atom stereocenters. The smallest absolute Gasteiger partial charge is 0.337 e. The Morgan fingerprint density at radius 1 is 1.19 bits per heavy atom. The van der Waals surface area contributed by atoms with Crippen LogP contribution in [0.4, 0.5) is 5.69 Å². The molecule has 6 heteroatoms. The average molecular weight is 303 g/mol. The molecule has 21 heavy (non-hydrogen) atoms. The zero-order chi connectivity index (χ0) is 15.6. The van der Waals surface area contributed by atoms with Crippen molar-refractivity contribution in [3.63, 3.8) is 0 Å². The predicted molar refractivity (Wildman–Crippen MR) is 82.6 cm³/mol. The van der Waals surface area contributed by atoms with Crippen LogP contribution in [0.25, 0.3) is 0 Å². The number of benzene rings is 1.